The first-order valence-electron chi connectivity index (χ1n) is 14.0. The molecule has 1 fully saturated rings. The van der Waals surface area contributed by atoms with Crippen LogP contribution in [-0.2, 0) is 23.1 Å². The molecular formula is C32H34FN5O4S. The molecule has 0 saturated carbocycles. The van der Waals surface area contributed by atoms with Gasteiger partial charge in [0.15, 0.2) is 0 Å². The van der Waals surface area contributed by atoms with Gasteiger partial charge in [-0.05, 0) is 96.8 Å². The van der Waals surface area contributed by atoms with Crippen LogP contribution in [0.15, 0.2) is 97.3 Å². The van der Waals surface area contributed by atoms with Crippen molar-refractivity contribution in [2.45, 2.75) is 32.0 Å². The number of piperidine rings is 1. The lowest BCUT2D eigenvalue weighted by Crippen LogP contribution is -2.48. The molecule has 1 aliphatic heterocycles. The standard InChI is InChI=1S/C32H34FN5O4S/c1-43(40,41)36-28-8-12-31(13-9-28)42-30-10-2-24(3-11-30)22-37-20-16-29(17-21-37)38(23-25-14-18-34-19-15-25)32(39)35-27-6-4-26(33)5-7-27/h2-15,18-19,29,36H,16-17,20-23H2,1H3,(H,35,39). The fraction of sp³-hybridized carbons (Fsp3) is 0.250. The summed E-state index contributed by atoms with van der Waals surface area (Å²) in [6.45, 7) is 2.92. The number of carbonyl (C=O) groups excluding carboxylic acids is 1. The van der Waals surface area contributed by atoms with Gasteiger partial charge in [-0.1, -0.05) is 12.1 Å². The van der Waals surface area contributed by atoms with E-state index >= 15 is 0 Å². The Hall–Kier alpha value is -4.48. The molecule has 9 nitrogen and oxygen atoms in total. The van der Waals surface area contributed by atoms with Gasteiger partial charge in [0.05, 0.1) is 6.26 Å². The number of urea groups is 1. The molecule has 1 saturated heterocycles. The third kappa shape index (κ3) is 9.00. The predicted octanol–water partition coefficient (Wildman–Crippen LogP) is 6.08. The SMILES string of the molecule is CS(=O)(=O)Nc1ccc(Oc2ccc(CN3CCC(N(Cc4ccncc4)C(=O)Nc4ccc(F)cc4)CC3)cc2)cc1. The molecule has 4 aromatic rings. The van der Waals surface area contributed by atoms with Gasteiger partial charge in [-0.15, -0.1) is 0 Å². The summed E-state index contributed by atoms with van der Waals surface area (Å²) in [5.41, 5.74) is 3.18. The first kappa shape index (κ1) is 30.0. The summed E-state index contributed by atoms with van der Waals surface area (Å²) in [7, 11) is -3.33. The number of pyridine rings is 1. The number of nitrogens with one attached hydrogen (secondary N) is 2. The molecule has 224 valence electrons. The average molecular weight is 604 g/mol. The number of benzene rings is 3. The average Bonchev–Trinajstić information content (AvgIpc) is 2.99. The van der Waals surface area contributed by atoms with Crippen molar-refractivity contribution in [1.29, 1.82) is 0 Å². The minimum absolute atomic E-state index is 0.0552. The van der Waals surface area contributed by atoms with Gasteiger partial charge in [-0.3, -0.25) is 14.6 Å². The topological polar surface area (TPSA) is 104 Å². The number of amides is 2. The van der Waals surface area contributed by atoms with Gasteiger partial charge in [-0.25, -0.2) is 17.6 Å². The number of hydrogen-bond acceptors (Lipinski definition) is 6. The van der Waals surface area contributed by atoms with Crippen LogP contribution in [0, 0.1) is 5.82 Å². The van der Waals surface area contributed by atoms with Crippen molar-refractivity contribution in [2.24, 2.45) is 0 Å². The van der Waals surface area contributed by atoms with E-state index in [0.717, 1.165) is 49.9 Å². The van der Waals surface area contributed by atoms with Crippen molar-refractivity contribution in [3.8, 4) is 11.5 Å². The van der Waals surface area contributed by atoms with Crippen LogP contribution in [-0.4, -0.2) is 54.6 Å². The smallest absolute Gasteiger partial charge is 0.322 e. The third-order valence-corrected chi connectivity index (χ3v) is 7.79. The molecule has 3 aromatic carbocycles. The van der Waals surface area contributed by atoms with Crippen LogP contribution in [0.25, 0.3) is 0 Å². The highest BCUT2D eigenvalue weighted by atomic mass is 32.2. The Bertz CT molecular complexity index is 1590. The van der Waals surface area contributed by atoms with Gasteiger partial charge >= 0.3 is 6.03 Å². The van der Waals surface area contributed by atoms with Crippen molar-refractivity contribution in [3.05, 3.63) is 114 Å². The molecule has 2 amide bonds. The van der Waals surface area contributed by atoms with Crippen LogP contribution in [0.5, 0.6) is 11.5 Å². The molecule has 0 aliphatic carbocycles. The fourth-order valence-electron chi connectivity index (χ4n) is 5.03. The van der Waals surface area contributed by atoms with E-state index in [1.807, 2.05) is 41.3 Å². The van der Waals surface area contributed by atoms with Crippen LogP contribution in [0.1, 0.15) is 24.0 Å². The lowest BCUT2D eigenvalue weighted by atomic mass is 10.0. The fourth-order valence-corrected chi connectivity index (χ4v) is 5.60. The highest BCUT2D eigenvalue weighted by Gasteiger charge is 2.28. The largest absolute Gasteiger partial charge is 0.457 e. The Morgan fingerprint density at radius 3 is 2.07 bits per heavy atom. The van der Waals surface area contributed by atoms with Gasteiger partial charge < -0.3 is 15.0 Å². The van der Waals surface area contributed by atoms with Gasteiger partial charge in [-0.2, -0.15) is 0 Å². The molecule has 0 spiro atoms. The Morgan fingerprint density at radius 2 is 1.47 bits per heavy atom. The van der Waals surface area contributed by atoms with E-state index in [1.54, 1.807) is 48.8 Å². The highest BCUT2D eigenvalue weighted by molar-refractivity contribution is 7.92. The van der Waals surface area contributed by atoms with E-state index in [4.69, 9.17) is 4.74 Å². The molecule has 0 atom stereocenters. The zero-order valence-electron chi connectivity index (χ0n) is 23.8. The summed E-state index contributed by atoms with van der Waals surface area (Å²) in [4.78, 5) is 21.7. The van der Waals surface area contributed by atoms with Gasteiger partial charge in [0.25, 0.3) is 0 Å². The van der Waals surface area contributed by atoms with Crippen LogP contribution in [0.3, 0.4) is 0 Å². The second-order valence-electron chi connectivity index (χ2n) is 10.6. The molecule has 1 aliphatic rings. The Balaban J connectivity index is 1.15. The number of nitrogens with zero attached hydrogens (tertiary/aromatic N) is 3. The maximum Gasteiger partial charge on any atom is 0.322 e. The number of anilines is 2. The molecule has 2 heterocycles. The van der Waals surface area contributed by atoms with Gasteiger partial charge in [0, 0.05) is 56.0 Å². The van der Waals surface area contributed by atoms with E-state index in [9.17, 15) is 17.6 Å². The molecule has 5 rings (SSSR count). The first-order chi connectivity index (χ1) is 20.7. The first-order valence-corrected chi connectivity index (χ1v) is 15.9. The molecule has 11 heteroatoms. The quantitative estimate of drug-likeness (QED) is 0.228. The summed E-state index contributed by atoms with van der Waals surface area (Å²) in [5, 5.41) is 2.92. The maximum atomic E-state index is 13.4. The molecule has 0 bridgehead atoms. The number of rotatable bonds is 10. The number of halogens is 1. The van der Waals surface area contributed by atoms with Crippen LogP contribution < -0.4 is 14.8 Å². The number of sulfonamides is 1. The van der Waals surface area contributed by atoms with E-state index in [2.05, 4.69) is 19.9 Å². The molecule has 0 radical (unpaired) electrons. The van der Waals surface area contributed by atoms with E-state index in [-0.39, 0.29) is 17.9 Å². The Kier molecular flexibility index (Phi) is 9.53. The zero-order chi connectivity index (χ0) is 30.2. The monoisotopic (exact) mass is 603 g/mol. The number of hydrogen-bond donors (Lipinski definition) is 2. The van der Waals surface area contributed by atoms with Crippen LogP contribution in [0.2, 0.25) is 0 Å². The normalized spacial score (nSPS) is 14.2. The van der Waals surface area contributed by atoms with Crippen molar-refractivity contribution in [1.82, 2.24) is 14.8 Å². The number of carbonyl (C=O) groups is 1. The van der Waals surface area contributed by atoms with E-state index in [1.165, 1.54) is 12.1 Å². The van der Waals surface area contributed by atoms with Gasteiger partial charge in [0.1, 0.15) is 17.3 Å². The number of ether oxygens (including phenoxy) is 1. The number of likely N-dealkylation sites (tertiary alicyclic amines) is 1. The summed E-state index contributed by atoms with van der Waals surface area (Å²) in [5.74, 6) is 0.941. The summed E-state index contributed by atoms with van der Waals surface area (Å²) < 4.78 is 44.5. The molecular weight excluding hydrogens is 569 g/mol. The van der Waals surface area contributed by atoms with Crippen molar-refractivity contribution in [3.63, 3.8) is 0 Å². The zero-order valence-corrected chi connectivity index (χ0v) is 24.6. The summed E-state index contributed by atoms with van der Waals surface area (Å²) >= 11 is 0. The number of aromatic nitrogens is 1. The molecule has 2 N–H and O–H groups in total. The van der Waals surface area contributed by atoms with Crippen molar-refractivity contribution in [2.75, 3.05) is 29.4 Å². The third-order valence-electron chi connectivity index (χ3n) is 7.18. The van der Waals surface area contributed by atoms with E-state index < -0.39 is 10.0 Å². The van der Waals surface area contributed by atoms with Crippen molar-refractivity contribution >= 4 is 27.4 Å². The van der Waals surface area contributed by atoms with Crippen LogP contribution >= 0.6 is 0 Å². The lowest BCUT2D eigenvalue weighted by Gasteiger charge is -2.38. The predicted molar refractivity (Wildman–Crippen MR) is 165 cm³/mol. The Labute approximate surface area is 251 Å². The minimum Gasteiger partial charge on any atom is -0.457 e. The van der Waals surface area contributed by atoms with E-state index in [0.29, 0.717) is 29.4 Å². The van der Waals surface area contributed by atoms with Crippen LogP contribution in [0.4, 0.5) is 20.6 Å². The second kappa shape index (κ2) is 13.7. The molecule has 0 unspecified atom stereocenters. The summed E-state index contributed by atoms with van der Waals surface area (Å²) in [6, 6.07) is 24.1. The van der Waals surface area contributed by atoms with Crippen molar-refractivity contribution < 1.29 is 22.3 Å². The highest BCUT2D eigenvalue weighted by Crippen LogP contribution is 2.26. The van der Waals surface area contributed by atoms with Gasteiger partial charge in [0.2, 0.25) is 10.0 Å². The maximum absolute atomic E-state index is 13.4. The molecule has 1 aromatic heterocycles. The summed E-state index contributed by atoms with van der Waals surface area (Å²) in [6.07, 6.45) is 6.20. The Morgan fingerprint density at radius 1 is 0.884 bits per heavy atom. The minimum atomic E-state index is -3.33. The lowest BCUT2D eigenvalue weighted by molar-refractivity contribution is 0.120. The second-order valence-corrected chi connectivity index (χ2v) is 12.3. The molecule has 43 heavy (non-hydrogen) atoms.